The minimum atomic E-state index is -0.138. The third kappa shape index (κ3) is 2.81. The monoisotopic (exact) mass is 283 g/mol. The number of nitrogen functional groups attached to an aromatic ring is 1. The first-order valence-corrected chi connectivity index (χ1v) is 6.98. The van der Waals surface area contributed by atoms with Crippen LogP contribution in [-0.4, -0.2) is 31.5 Å². The van der Waals surface area contributed by atoms with Crippen LogP contribution in [0.3, 0.4) is 0 Å². The lowest BCUT2D eigenvalue weighted by Crippen LogP contribution is -2.44. The average Bonchev–Trinajstić information content (AvgIpc) is 2.82. The smallest absolute Gasteiger partial charge is 0.121 e. The zero-order chi connectivity index (χ0) is 13.3. The van der Waals surface area contributed by atoms with Crippen molar-refractivity contribution in [2.75, 3.05) is 25.6 Å². The van der Waals surface area contributed by atoms with E-state index in [-0.39, 0.29) is 11.7 Å². The molecule has 2 unspecified atom stereocenters. The molecule has 2 fully saturated rings. The van der Waals surface area contributed by atoms with Gasteiger partial charge in [0.1, 0.15) is 11.9 Å². The third-order valence-electron chi connectivity index (χ3n) is 3.79. The van der Waals surface area contributed by atoms with Crippen molar-refractivity contribution in [2.45, 2.75) is 31.0 Å². The second-order valence-corrected chi connectivity index (χ2v) is 5.66. The minimum Gasteiger partial charge on any atom is -0.490 e. The molecule has 1 aromatic carbocycles. The van der Waals surface area contributed by atoms with Gasteiger partial charge < -0.3 is 19.9 Å². The number of ether oxygens (including phenoxy) is 3. The van der Waals surface area contributed by atoms with Gasteiger partial charge in [0.2, 0.25) is 0 Å². The van der Waals surface area contributed by atoms with Crippen LogP contribution in [0.25, 0.3) is 0 Å². The summed E-state index contributed by atoms with van der Waals surface area (Å²) in [6.45, 7) is 2.17. The van der Waals surface area contributed by atoms with Crippen LogP contribution >= 0.6 is 11.6 Å². The molecular formula is C14H18ClNO3. The standard InChI is InChI=1S/C14H18ClNO3/c15-12-7-10(1-2-13(12)16)19-11-3-5-18-14(8-11)4-6-17-9-14/h1-2,7,11H,3-6,8-9,16H2. The van der Waals surface area contributed by atoms with Crippen molar-refractivity contribution in [1.82, 2.24) is 0 Å². The summed E-state index contributed by atoms with van der Waals surface area (Å²) in [4.78, 5) is 0. The molecule has 0 radical (unpaired) electrons. The summed E-state index contributed by atoms with van der Waals surface area (Å²) in [6.07, 6.45) is 2.86. The van der Waals surface area contributed by atoms with E-state index < -0.39 is 0 Å². The van der Waals surface area contributed by atoms with Gasteiger partial charge in [-0.15, -0.1) is 0 Å². The van der Waals surface area contributed by atoms with E-state index in [1.54, 1.807) is 12.1 Å². The summed E-state index contributed by atoms with van der Waals surface area (Å²) >= 11 is 6.00. The highest BCUT2D eigenvalue weighted by molar-refractivity contribution is 6.33. The van der Waals surface area contributed by atoms with Crippen molar-refractivity contribution in [2.24, 2.45) is 0 Å². The Balaban J connectivity index is 1.67. The van der Waals surface area contributed by atoms with Crippen molar-refractivity contribution in [3.8, 4) is 5.75 Å². The van der Waals surface area contributed by atoms with E-state index in [2.05, 4.69) is 0 Å². The number of hydrogen-bond acceptors (Lipinski definition) is 4. The van der Waals surface area contributed by atoms with Gasteiger partial charge in [-0.3, -0.25) is 0 Å². The van der Waals surface area contributed by atoms with Gasteiger partial charge in [-0.1, -0.05) is 11.6 Å². The van der Waals surface area contributed by atoms with Crippen molar-refractivity contribution >= 4 is 17.3 Å². The second-order valence-electron chi connectivity index (χ2n) is 5.25. The van der Waals surface area contributed by atoms with Crippen LogP contribution in [0.2, 0.25) is 5.02 Å². The maximum Gasteiger partial charge on any atom is 0.121 e. The fourth-order valence-corrected chi connectivity index (χ4v) is 2.89. The molecule has 0 bridgehead atoms. The maximum atomic E-state index is 6.00. The lowest BCUT2D eigenvalue weighted by atomic mass is 9.91. The minimum absolute atomic E-state index is 0.138. The van der Waals surface area contributed by atoms with E-state index in [9.17, 15) is 0 Å². The summed E-state index contributed by atoms with van der Waals surface area (Å²) in [5, 5.41) is 0.531. The lowest BCUT2D eigenvalue weighted by molar-refractivity contribution is -0.112. The van der Waals surface area contributed by atoms with Gasteiger partial charge in [0.15, 0.2) is 0 Å². The zero-order valence-electron chi connectivity index (χ0n) is 10.7. The van der Waals surface area contributed by atoms with Crippen LogP contribution in [0.1, 0.15) is 19.3 Å². The maximum absolute atomic E-state index is 6.00. The van der Waals surface area contributed by atoms with E-state index in [1.165, 1.54) is 0 Å². The van der Waals surface area contributed by atoms with E-state index in [0.717, 1.165) is 38.2 Å². The molecule has 2 heterocycles. The summed E-state index contributed by atoms with van der Waals surface area (Å²) < 4.78 is 17.3. The van der Waals surface area contributed by atoms with Gasteiger partial charge in [-0.2, -0.15) is 0 Å². The normalized spacial score (nSPS) is 30.7. The predicted molar refractivity (Wildman–Crippen MR) is 73.6 cm³/mol. The lowest BCUT2D eigenvalue weighted by Gasteiger charge is -2.37. The number of benzene rings is 1. The molecule has 104 valence electrons. The molecule has 0 aromatic heterocycles. The third-order valence-corrected chi connectivity index (χ3v) is 4.12. The van der Waals surface area contributed by atoms with E-state index in [1.807, 2.05) is 6.07 Å². The SMILES string of the molecule is Nc1ccc(OC2CCOC3(CCOC3)C2)cc1Cl. The van der Waals surface area contributed by atoms with Gasteiger partial charge in [0.25, 0.3) is 0 Å². The predicted octanol–water partition coefficient (Wildman–Crippen LogP) is 2.64. The molecule has 2 saturated heterocycles. The molecule has 3 rings (SSSR count). The number of halogens is 1. The Morgan fingerprint density at radius 2 is 2.26 bits per heavy atom. The molecule has 2 aliphatic heterocycles. The number of nitrogens with two attached hydrogens (primary N) is 1. The van der Waals surface area contributed by atoms with Crippen LogP contribution < -0.4 is 10.5 Å². The fourth-order valence-electron chi connectivity index (χ4n) is 2.72. The molecule has 0 amide bonds. The largest absolute Gasteiger partial charge is 0.490 e. The molecule has 0 saturated carbocycles. The summed E-state index contributed by atoms with van der Waals surface area (Å²) in [5.74, 6) is 0.764. The fraction of sp³-hybridized carbons (Fsp3) is 0.571. The van der Waals surface area contributed by atoms with Crippen molar-refractivity contribution in [3.05, 3.63) is 23.2 Å². The molecule has 19 heavy (non-hydrogen) atoms. The number of hydrogen-bond donors (Lipinski definition) is 1. The first-order chi connectivity index (χ1) is 9.17. The quantitative estimate of drug-likeness (QED) is 0.848. The van der Waals surface area contributed by atoms with Gasteiger partial charge in [0, 0.05) is 31.9 Å². The summed E-state index contributed by atoms with van der Waals surface area (Å²) in [5.41, 5.74) is 6.12. The van der Waals surface area contributed by atoms with Crippen LogP contribution in [0, 0.1) is 0 Å². The molecule has 1 aromatic rings. The first-order valence-electron chi connectivity index (χ1n) is 6.60. The first kappa shape index (κ1) is 13.0. The molecule has 2 aliphatic rings. The Morgan fingerprint density at radius 1 is 1.37 bits per heavy atom. The van der Waals surface area contributed by atoms with Gasteiger partial charge in [-0.25, -0.2) is 0 Å². The molecule has 0 aliphatic carbocycles. The average molecular weight is 284 g/mol. The highest BCUT2D eigenvalue weighted by Gasteiger charge is 2.41. The second kappa shape index (κ2) is 5.19. The zero-order valence-corrected chi connectivity index (χ0v) is 11.5. The van der Waals surface area contributed by atoms with Crippen molar-refractivity contribution in [1.29, 1.82) is 0 Å². The number of anilines is 1. The highest BCUT2D eigenvalue weighted by Crippen LogP contribution is 2.35. The van der Waals surface area contributed by atoms with Gasteiger partial charge >= 0.3 is 0 Å². The molecule has 2 N–H and O–H groups in total. The summed E-state index contributed by atoms with van der Waals surface area (Å²) in [6, 6.07) is 5.39. The number of rotatable bonds is 2. The molecule has 2 atom stereocenters. The Morgan fingerprint density at radius 3 is 3.00 bits per heavy atom. The van der Waals surface area contributed by atoms with E-state index in [0.29, 0.717) is 17.3 Å². The molecular weight excluding hydrogens is 266 g/mol. The van der Waals surface area contributed by atoms with E-state index in [4.69, 9.17) is 31.5 Å². The van der Waals surface area contributed by atoms with Crippen molar-refractivity contribution in [3.63, 3.8) is 0 Å². The Hall–Kier alpha value is -0.970. The van der Waals surface area contributed by atoms with Crippen LogP contribution in [0.5, 0.6) is 5.75 Å². The Labute approximate surface area is 117 Å². The molecule has 4 nitrogen and oxygen atoms in total. The van der Waals surface area contributed by atoms with Crippen molar-refractivity contribution < 1.29 is 14.2 Å². The van der Waals surface area contributed by atoms with E-state index >= 15 is 0 Å². The topological polar surface area (TPSA) is 53.7 Å². The van der Waals surface area contributed by atoms with Gasteiger partial charge in [-0.05, 0) is 12.1 Å². The Kier molecular flexibility index (Phi) is 3.56. The highest BCUT2D eigenvalue weighted by atomic mass is 35.5. The molecule has 1 spiro atoms. The van der Waals surface area contributed by atoms with Crippen LogP contribution in [0.4, 0.5) is 5.69 Å². The van der Waals surface area contributed by atoms with Crippen LogP contribution in [0.15, 0.2) is 18.2 Å². The van der Waals surface area contributed by atoms with Gasteiger partial charge in [0.05, 0.1) is 29.5 Å². The Bertz CT molecular complexity index is 460. The summed E-state index contributed by atoms with van der Waals surface area (Å²) in [7, 11) is 0. The molecule has 5 heteroatoms. The van der Waals surface area contributed by atoms with Crippen LogP contribution in [-0.2, 0) is 9.47 Å².